The van der Waals surface area contributed by atoms with Gasteiger partial charge in [0.25, 0.3) is 0 Å². The van der Waals surface area contributed by atoms with E-state index in [1.807, 2.05) is 6.26 Å². The molecule has 1 aliphatic heterocycles. The summed E-state index contributed by atoms with van der Waals surface area (Å²) in [5.41, 5.74) is 0. The molecule has 1 heterocycles. The van der Waals surface area contributed by atoms with Crippen molar-refractivity contribution in [1.82, 2.24) is 0 Å². The van der Waals surface area contributed by atoms with Crippen molar-refractivity contribution in [2.24, 2.45) is 5.92 Å². The van der Waals surface area contributed by atoms with Crippen LogP contribution in [0.4, 0.5) is 0 Å². The fraction of sp³-hybridized carbons (Fsp3) is 0.750. The number of ether oxygens (including phenoxy) is 1. The monoisotopic (exact) mass is 126 g/mol. The summed E-state index contributed by atoms with van der Waals surface area (Å²) in [6.45, 7) is 4.40. The second kappa shape index (κ2) is 2.90. The summed E-state index contributed by atoms with van der Waals surface area (Å²) in [7, 11) is 0. The first-order valence-electron chi connectivity index (χ1n) is 3.61. The quantitative estimate of drug-likeness (QED) is 0.524. The fourth-order valence-electron chi connectivity index (χ4n) is 1.04. The zero-order valence-corrected chi connectivity index (χ0v) is 6.13. The van der Waals surface area contributed by atoms with Crippen LogP contribution in [-0.2, 0) is 4.74 Å². The number of rotatable bonds is 1. The topological polar surface area (TPSA) is 9.23 Å². The summed E-state index contributed by atoms with van der Waals surface area (Å²) >= 11 is 0. The van der Waals surface area contributed by atoms with Crippen molar-refractivity contribution < 1.29 is 4.74 Å². The summed E-state index contributed by atoms with van der Waals surface area (Å²) < 4.78 is 5.36. The molecule has 0 aromatic rings. The average Bonchev–Trinajstić information content (AvgIpc) is 1.90. The largest absolute Gasteiger partial charge is 0.498 e. The minimum atomic E-state index is 0.468. The Morgan fingerprint density at radius 3 is 2.67 bits per heavy atom. The Labute approximate surface area is 56.7 Å². The third-order valence-electron chi connectivity index (χ3n) is 1.71. The number of hydrogen-bond acceptors (Lipinski definition) is 1. The van der Waals surface area contributed by atoms with Crippen LogP contribution in [0.1, 0.15) is 26.7 Å². The molecule has 1 rings (SSSR count). The molecule has 0 fully saturated rings. The van der Waals surface area contributed by atoms with Gasteiger partial charge in [0.15, 0.2) is 0 Å². The molecule has 1 heteroatoms. The van der Waals surface area contributed by atoms with Gasteiger partial charge in [-0.25, -0.2) is 0 Å². The van der Waals surface area contributed by atoms with Gasteiger partial charge >= 0.3 is 0 Å². The van der Waals surface area contributed by atoms with Gasteiger partial charge in [-0.15, -0.1) is 0 Å². The summed E-state index contributed by atoms with van der Waals surface area (Å²) in [5.74, 6) is 0.662. The van der Waals surface area contributed by atoms with E-state index >= 15 is 0 Å². The molecule has 0 aliphatic carbocycles. The molecule has 0 N–H and O–H groups in total. The summed E-state index contributed by atoms with van der Waals surface area (Å²) in [5, 5.41) is 0. The highest BCUT2D eigenvalue weighted by molar-refractivity contribution is 4.83. The highest BCUT2D eigenvalue weighted by Gasteiger charge is 2.13. The highest BCUT2D eigenvalue weighted by atomic mass is 16.5. The molecule has 0 radical (unpaired) electrons. The molecule has 0 unspecified atom stereocenters. The van der Waals surface area contributed by atoms with Gasteiger partial charge in [-0.2, -0.15) is 0 Å². The third kappa shape index (κ3) is 1.74. The van der Waals surface area contributed by atoms with Crippen LogP contribution in [0.5, 0.6) is 0 Å². The fourth-order valence-corrected chi connectivity index (χ4v) is 1.04. The Bertz CT molecular complexity index is 105. The van der Waals surface area contributed by atoms with Gasteiger partial charge in [0.2, 0.25) is 0 Å². The van der Waals surface area contributed by atoms with Crippen molar-refractivity contribution in [2.75, 3.05) is 0 Å². The molecule has 1 atom stereocenters. The Balaban J connectivity index is 2.35. The van der Waals surface area contributed by atoms with E-state index in [9.17, 15) is 0 Å². The minimum absolute atomic E-state index is 0.468. The molecular weight excluding hydrogens is 112 g/mol. The zero-order chi connectivity index (χ0) is 6.69. The van der Waals surface area contributed by atoms with E-state index in [1.54, 1.807) is 0 Å². The molecule has 0 aromatic carbocycles. The molecule has 0 aromatic heterocycles. The predicted molar refractivity (Wildman–Crippen MR) is 38.1 cm³/mol. The molecule has 9 heavy (non-hydrogen) atoms. The summed E-state index contributed by atoms with van der Waals surface area (Å²) in [4.78, 5) is 0. The van der Waals surface area contributed by atoms with E-state index in [0.717, 1.165) is 0 Å². The molecule has 52 valence electrons. The van der Waals surface area contributed by atoms with Crippen molar-refractivity contribution in [2.45, 2.75) is 32.8 Å². The van der Waals surface area contributed by atoms with Crippen LogP contribution in [0.15, 0.2) is 12.3 Å². The van der Waals surface area contributed by atoms with Crippen LogP contribution in [0, 0.1) is 5.92 Å². The molecule has 0 saturated carbocycles. The lowest BCUT2D eigenvalue weighted by atomic mass is 10.0. The van der Waals surface area contributed by atoms with Crippen molar-refractivity contribution in [3.05, 3.63) is 12.3 Å². The lowest BCUT2D eigenvalue weighted by molar-refractivity contribution is 0.0829. The third-order valence-corrected chi connectivity index (χ3v) is 1.71. The second-order valence-electron chi connectivity index (χ2n) is 2.87. The molecular formula is C8H14O. The van der Waals surface area contributed by atoms with Crippen LogP contribution in [-0.4, -0.2) is 6.10 Å². The Morgan fingerprint density at radius 1 is 1.56 bits per heavy atom. The van der Waals surface area contributed by atoms with E-state index in [-0.39, 0.29) is 0 Å². The average molecular weight is 126 g/mol. The van der Waals surface area contributed by atoms with Crippen molar-refractivity contribution >= 4 is 0 Å². The SMILES string of the molecule is CC(C)[C@H]1CCC=CO1. The zero-order valence-electron chi connectivity index (χ0n) is 6.13. The van der Waals surface area contributed by atoms with Crippen molar-refractivity contribution in [3.63, 3.8) is 0 Å². The maximum atomic E-state index is 5.36. The first-order valence-corrected chi connectivity index (χ1v) is 3.61. The van der Waals surface area contributed by atoms with E-state index in [4.69, 9.17) is 4.74 Å². The second-order valence-corrected chi connectivity index (χ2v) is 2.87. The smallest absolute Gasteiger partial charge is 0.100 e. The maximum Gasteiger partial charge on any atom is 0.100 e. The Hall–Kier alpha value is -0.460. The Morgan fingerprint density at radius 2 is 2.33 bits per heavy atom. The molecule has 0 spiro atoms. The molecule has 0 bridgehead atoms. The molecule has 0 amide bonds. The van der Waals surface area contributed by atoms with E-state index in [1.165, 1.54) is 12.8 Å². The van der Waals surface area contributed by atoms with Crippen LogP contribution < -0.4 is 0 Å². The van der Waals surface area contributed by atoms with Crippen LogP contribution in [0.2, 0.25) is 0 Å². The number of allylic oxidation sites excluding steroid dienone is 1. The van der Waals surface area contributed by atoms with Gasteiger partial charge in [-0.3, -0.25) is 0 Å². The summed E-state index contributed by atoms with van der Waals surface area (Å²) in [6.07, 6.45) is 6.75. The lowest BCUT2D eigenvalue weighted by Gasteiger charge is -2.22. The predicted octanol–water partition coefficient (Wildman–Crippen LogP) is 2.34. The molecule has 1 aliphatic rings. The van der Waals surface area contributed by atoms with Gasteiger partial charge in [0, 0.05) is 0 Å². The normalized spacial score (nSPS) is 26.3. The maximum absolute atomic E-state index is 5.36. The van der Waals surface area contributed by atoms with Crippen LogP contribution in [0.25, 0.3) is 0 Å². The van der Waals surface area contributed by atoms with Gasteiger partial charge in [-0.1, -0.05) is 13.8 Å². The standard InChI is InChI=1S/C8H14O/c1-7(2)8-5-3-4-6-9-8/h4,6-8H,3,5H2,1-2H3/t8-/m1/s1. The Kier molecular flexibility index (Phi) is 2.15. The number of hydrogen-bond donors (Lipinski definition) is 0. The van der Waals surface area contributed by atoms with Gasteiger partial charge in [0.1, 0.15) is 6.10 Å². The van der Waals surface area contributed by atoms with Gasteiger partial charge < -0.3 is 4.74 Å². The van der Waals surface area contributed by atoms with Gasteiger partial charge in [0.05, 0.1) is 6.26 Å². The van der Waals surface area contributed by atoms with Crippen LogP contribution in [0.3, 0.4) is 0 Å². The molecule has 1 nitrogen and oxygen atoms in total. The van der Waals surface area contributed by atoms with Crippen molar-refractivity contribution in [1.29, 1.82) is 0 Å². The van der Waals surface area contributed by atoms with Crippen molar-refractivity contribution in [3.8, 4) is 0 Å². The van der Waals surface area contributed by atoms with E-state index in [2.05, 4.69) is 19.9 Å². The first kappa shape index (κ1) is 6.66. The van der Waals surface area contributed by atoms with E-state index < -0.39 is 0 Å². The van der Waals surface area contributed by atoms with Crippen LogP contribution >= 0.6 is 0 Å². The highest BCUT2D eigenvalue weighted by Crippen LogP contribution is 2.17. The molecule has 0 saturated heterocycles. The van der Waals surface area contributed by atoms with E-state index in [0.29, 0.717) is 12.0 Å². The first-order chi connectivity index (χ1) is 4.30. The minimum Gasteiger partial charge on any atom is -0.498 e. The van der Waals surface area contributed by atoms with Gasteiger partial charge in [-0.05, 0) is 24.8 Å². The lowest BCUT2D eigenvalue weighted by Crippen LogP contribution is -2.18. The summed E-state index contributed by atoms with van der Waals surface area (Å²) in [6, 6.07) is 0.